The number of aliphatic hydroxyl groups is 1. The van der Waals surface area contributed by atoms with Gasteiger partial charge in [0.1, 0.15) is 11.5 Å². The van der Waals surface area contributed by atoms with Crippen molar-refractivity contribution < 1.29 is 29.0 Å². The summed E-state index contributed by atoms with van der Waals surface area (Å²) in [4.78, 5) is 37.4. The number of rotatable bonds is 4. The van der Waals surface area contributed by atoms with Gasteiger partial charge in [-0.2, -0.15) is 0 Å². The number of aliphatic hydroxyl groups excluding tert-OH is 1. The first-order valence-corrected chi connectivity index (χ1v) is 9.45. The Labute approximate surface area is 167 Å². The standard InChI is InChI=1S/C23H20O6/c1-3-18(25)14-5-4-13-8-16(12(2)24)23(27)21(17(13)9-14)22(26)15-6-7-19-20(10-15)29-11-28-19/h4-7,9-10,16,26H,3,8,11H2,1-2H3/b22-21-. The molecular formula is C23H20O6. The van der Waals surface area contributed by atoms with Crippen molar-refractivity contribution in [1.29, 1.82) is 0 Å². The molecule has 6 nitrogen and oxygen atoms in total. The van der Waals surface area contributed by atoms with Crippen molar-refractivity contribution in [3.05, 3.63) is 58.7 Å². The summed E-state index contributed by atoms with van der Waals surface area (Å²) in [5.41, 5.74) is 2.13. The summed E-state index contributed by atoms with van der Waals surface area (Å²) in [7, 11) is 0. The summed E-state index contributed by atoms with van der Waals surface area (Å²) in [5.74, 6) is -0.846. The van der Waals surface area contributed by atoms with Crippen molar-refractivity contribution in [1.82, 2.24) is 0 Å². The molecule has 0 bridgehead atoms. The Hall–Kier alpha value is -3.41. The Bertz CT molecular complexity index is 1080. The molecule has 6 heteroatoms. The minimum Gasteiger partial charge on any atom is -0.507 e. The fraction of sp³-hybridized carbons (Fsp3) is 0.261. The van der Waals surface area contributed by atoms with Gasteiger partial charge in [0.05, 0.1) is 11.5 Å². The van der Waals surface area contributed by atoms with Crippen LogP contribution in [0.5, 0.6) is 11.5 Å². The van der Waals surface area contributed by atoms with Crippen molar-refractivity contribution in [3.8, 4) is 11.5 Å². The molecule has 2 aliphatic rings. The minimum absolute atomic E-state index is 0.0519. The SMILES string of the molecule is CCC(=O)c1ccc2c(c1)/C(=C(/O)c1ccc3c(c1)OCO3)C(=O)C(C(C)=O)C2. The highest BCUT2D eigenvalue weighted by Crippen LogP contribution is 2.39. The number of fused-ring (bicyclic) bond motifs is 2. The highest BCUT2D eigenvalue weighted by Gasteiger charge is 2.36. The number of hydrogen-bond donors (Lipinski definition) is 1. The van der Waals surface area contributed by atoms with E-state index < -0.39 is 11.7 Å². The van der Waals surface area contributed by atoms with Gasteiger partial charge in [0.2, 0.25) is 6.79 Å². The van der Waals surface area contributed by atoms with Crippen LogP contribution in [0.15, 0.2) is 36.4 Å². The first kappa shape index (κ1) is 18.9. The van der Waals surface area contributed by atoms with Crippen LogP contribution in [-0.4, -0.2) is 29.2 Å². The molecule has 4 rings (SSSR count). The number of Topliss-reactive ketones (excluding diaryl/α,β-unsaturated/α-hetero) is 3. The first-order chi connectivity index (χ1) is 13.9. The lowest BCUT2D eigenvalue weighted by atomic mass is 9.76. The van der Waals surface area contributed by atoms with Gasteiger partial charge in [-0.3, -0.25) is 14.4 Å². The molecule has 1 atom stereocenters. The highest BCUT2D eigenvalue weighted by atomic mass is 16.7. The van der Waals surface area contributed by atoms with Crippen molar-refractivity contribution in [2.24, 2.45) is 5.92 Å². The van der Waals surface area contributed by atoms with E-state index in [9.17, 15) is 19.5 Å². The molecule has 0 saturated heterocycles. The number of carbonyl (C=O) groups excluding carboxylic acids is 3. The summed E-state index contributed by atoms with van der Waals surface area (Å²) in [6.07, 6.45) is 0.581. The Morgan fingerprint density at radius 3 is 2.52 bits per heavy atom. The van der Waals surface area contributed by atoms with Crippen LogP contribution in [0.25, 0.3) is 11.3 Å². The molecule has 1 aliphatic heterocycles. The molecule has 2 aromatic carbocycles. The van der Waals surface area contributed by atoms with Gasteiger partial charge >= 0.3 is 0 Å². The average Bonchev–Trinajstić information content (AvgIpc) is 3.19. The van der Waals surface area contributed by atoms with Gasteiger partial charge in [0.25, 0.3) is 0 Å². The zero-order valence-corrected chi connectivity index (χ0v) is 16.2. The van der Waals surface area contributed by atoms with E-state index in [4.69, 9.17) is 9.47 Å². The molecule has 1 N–H and O–H groups in total. The molecule has 1 aliphatic carbocycles. The molecule has 148 valence electrons. The van der Waals surface area contributed by atoms with Crippen LogP contribution in [0.4, 0.5) is 0 Å². The zero-order chi connectivity index (χ0) is 20.7. The van der Waals surface area contributed by atoms with Crippen LogP contribution in [0.1, 0.15) is 47.3 Å². The number of benzene rings is 2. The smallest absolute Gasteiger partial charge is 0.231 e. The van der Waals surface area contributed by atoms with Gasteiger partial charge in [0.15, 0.2) is 23.1 Å². The van der Waals surface area contributed by atoms with E-state index in [1.165, 1.54) is 6.92 Å². The zero-order valence-electron chi connectivity index (χ0n) is 16.2. The molecule has 0 fully saturated rings. The van der Waals surface area contributed by atoms with E-state index in [0.717, 1.165) is 5.56 Å². The fourth-order valence-corrected chi connectivity index (χ4v) is 3.75. The van der Waals surface area contributed by atoms with Crippen molar-refractivity contribution in [2.75, 3.05) is 6.79 Å². The van der Waals surface area contributed by atoms with E-state index in [2.05, 4.69) is 0 Å². The van der Waals surface area contributed by atoms with Crippen LogP contribution in [0.2, 0.25) is 0 Å². The largest absolute Gasteiger partial charge is 0.507 e. The Kier molecular flexibility index (Phi) is 4.70. The Balaban J connectivity index is 1.92. The minimum atomic E-state index is -0.860. The molecule has 1 unspecified atom stereocenters. The van der Waals surface area contributed by atoms with Crippen LogP contribution < -0.4 is 9.47 Å². The van der Waals surface area contributed by atoms with Crippen LogP contribution >= 0.6 is 0 Å². The third-order valence-corrected chi connectivity index (χ3v) is 5.38. The fourth-order valence-electron chi connectivity index (χ4n) is 3.75. The summed E-state index contributed by atoms with van der Waals surface area (Å²) >= 11 is 0. The maximum atomic E-state index is 13.1. The molecule has 0 saturated carbocycles. The average molecular weight is 392 g/mol. The van der Waals surface area contributed by atoms with Crippen molar-refractivity contribution in [3.63, 3.8) is 0 Å². The van der Waals surface area contributed by atoms with E-state index in [1.54, 1.807) is 43.3 Å². The van der Waals surface area contributed by atoms with Crippen LogP contribution in [-0.2, 0) is 16.0 Å². The highest BCUT2D eigenvalue weighted by molar-refractivity contribution is 6.33. The molecule has 1 heterocycles. The number of carbonyl (C=O) groups is 3. The molecule has 29 heavy (non-hydrogen) atoms. The van der Waals surface area contributed by atoms with Gasteiger partial charge < -0.3 is 14.6 Å². The predicted molar refractivity (Wildman–Crippen MR) is 106 cm³/mol. The normalized spacial score (nSPS) is 19.0. The lowest BCUT2D eigenvalue weighted by Gasteiger charge is -2.25. The second-order valence-corrected chi connectivity index (χ2v) is 7.17. The van der Waals surface area contributed by atoms with Crippen molar-refractivity contribution in [2.45, 2.75) is 26.7 Å². The third-order valence-electron chi connectivity index (χ3n) is 5.38. The predicted octanol–water partition coefficient (Wildman–Crippen LogP) is 3.76. The maximum absolute atomic E-state index is 13.1. The van der Waals surface area contributed by atoms with Crippen molar-refractivity contribution >= 4 is 28.7 Å². The summed E-state index contributed by atoms with van der Waals surface area (Å²) in [5, 5.41) is 11.0. The Morgan fingerprint density at radius 1 is 1.07 bits per heavy atom. The third kappa shape index (κ3) is 3.20. The van der Waals surface area contributed by atoms with Gasteiger partial charge in [0, 0.05) is 17.5 Å². The van der Waals surface area contributed by atoms with Crippen LogP contribution in [0, 0.1) is 5.92 Å². The lowest BCUT2D eigenvalue weighted by molar-refractivity contribution is -0.128. The van der Waals surface area contributed by atoms with Gasteiger partial charge in [-0.05, 0) is 48.7 Å². The number of allylic oxidation sites excluding steroid dienone is 1. The van der Waals surface area contributed by atoms with E-state index in [0.29, 0.717) is 34.6 Å². The topological polar surface area (TPSA) is 89.9 Å². The Morgan fingerprint density at radius 2 is 1.79 bits per heavy atom. The summed E-state index contributed by atoms with van der Waals surface area (Å²) < 4.78 is 10.6. The number of hydrogen-bond acceptors (Lipinski definition) is 6. The van der Waals surface area contributed by atoms with E-state index in [-0.39, 0.29) is 36.1 Å². The first-order valence-electron chi connectivity index (χ1n) is 9.45. The summed E-state index contributed by atoms with van der Waals surface area (Å²) in [6.45, 7) is 3.23. The number of ether oxygens (including phenoxy) is 2. The quantitative estimate of drug-likeness (QED) is 0.369. The van der Waals surface area contributed by atoms with Gasteiger partial charge in [-0.1, -0.05) is 19.1 Å². The van der Waals surface area contributed by atoms with Gasteiger partial charge in [-0.25, -0.2) is 0 Å². The van der Waals surface area contributed by atoms with E-state index in [1.807, 2.05) is 0 Å². The lowest BCUT2D eigenvalue weighted by Crippen LogP contribution is -2.30. The molecule has 0 radical (unpaired) electrons. The molecule has 0 amide bonds. The van der Waals surface area contributed by atoms with Crippen LogP contribution in [0.3, 0.4) is 0 Å². The van der Waals surface area contributed by atoms with Gasteiger partial charge in [-0.15, -0.1) is 0 Å². The molecular weight excluding hydrogens is 372 g/mol. The molecule has 0 aromatic heterocycles. The monoisotopic (exact) mass is 392 g/mol. The molecule has 0 spiro atoms. The maximum Gasteiger partial charge on any atom is 0.231 e. The van der Waals surface area contributed by atoms with E-state index >= 15 is 0 Å². The second kappa shape index (κ2) is 7.20. The number of ketones is 3. The summed E-state index contributed by atoms with van der Waals surface area (Å²) in [6, 6.07) is 9.97. The molecule has 2 aromatic rings. The second-order valence-electron chi connectivity index (χ2n) is 7.17.